The quantitative estimate of drug-likeness (QED) is 0.566. The van der Waals surface area contributed by atoms with Crippen LogP contribution >= 0.6 is 0 Å². The Kier molecular flexibility index (Phi) is 8.33. The topological polar surface area (TPSA) is 138 Å². The monoisotopic (exact) mass is 508 g/mol. The van der Waals surface area contributed by atoms with Crippen molar-refractivity contribution in [1.82, 2.24) is 25.1 Å². The zero-order valence-electron chi connectivity index (χ0n) is 20.1. The van der Waals surface area contributed by atoms with Crippen LogP contribution in [-0.2, 0) is 4.74 Å². The molecule has 0 radical (unpaired) electrons. The second kappa shape index (κ2) is 11.2. The molecule has 0 atom stereocenters. The molecule has 2 aromatic heterocycles. The zero-order chi connectivity index (χ0) is 26.3. The fourth-order valence-electron chi connectivity index (χ4n) is 3.31. The first-order valence-electron chi connectivity index (χ1n) is 11.2. The summed E-state index contributed by atoms with van der Waals surface area (Å²) >= 11 is 0. The Hall–Kier alpha value is -3.89. The number of nitriles is 1. The van der Waals surface area contributed by atoms with Gasteiger partial charge in [0.05, 0.1) is 12.4 Å². The maximum atomic E-state index is 12.7. The van der Waals surface area contributed by atoms with Crippen molar-refractivity contribution in [2.45, 2.75) is 45.4 Å². The molecule has 1 aliphatic rings. The highest BCUT2D eigenvalue weighted by molar-refractivity contribution is 5.68. The molecule has 11 nitrogen and oxygen atoms in total. The van der Waals surface area contributed by atoms with Gasteiger partial charge in [-0.1, -0.05) is 0 Å². The molecule has 0 aliphatic carbocycles. The van der Waals surface area contributed by atoms with Gasteiger partial charge in [-0.15, -0.1) is 10.2 Å². The lowest BCUT2D eigenvalue weighted by atomic mass is 9.97. The number of carbonyl (C=O) groups is 1. The first-order chi connectivity index (χ1) is 16.9. The molecular formula is C22H27F3N8O3. The van der Waals surface area contributed by atoms with Gasteiger partial charge >= 0.3 is 12.3 Å². The maximum Gasteiger partial charge on any atom is 0.422 e. The van der Waals surface area contributed by atoms with Crippen LogP contribution in [0.25, 0.3) is 0 Å². The molecule has 2 aromatic rings. The van der Waals surface area contributed by atoms with E-state index in [1.807, 2.05) is 6.07 Å². The van der Waals surface area contributed by atoms with E-state index in [1.165, 1.54) is 18.5 Å². The van der Waals surface area contributed by atoms with Crippen molar-refractivity contribution in [2.75, 3.05) is 36.9 Å². The molecule has 36 heavy (non-hydrogen) atoms. The summed E-state index contributed by atoms with van der Waals surface area (Å²) in [6, 6.07) is 3.30. The Morgan fingerprint density at radius 2 is 1.89 bits per heavy atom. The van der Waals surface area contributed by atoms with Crippen molar-refractivity contribution in [2.24, 2.45) is 5.92 Å². The van der Waals surface area contributed by atoms with Crippen LogP contribution in [0.15, 0.2) is 18.5 Å². The van der Waals surface area contributed by atoms with E-state index in [0.29, 0.717) is 32.5 Å². The Morgan fingerprint density at radius 1 is 1.17 bits per heavy atom. The minimum absolute atomic E-state index is 0.127. The van der Waals surface area contributed by atoms with Crippen LogP contribution in [0, 0.1) is 17.2 Å². The molecule has 3 heterocycles. The average molecular weight is 509 g/mol. The van der Waals surface area contributed by atoms with Crippen LogP contribution < -0.4 is 15.4 Å². The standard InChI is InChI=1S/C22H27F3N8O3/c1-21(2,3)36-20(34)33-6-4-14(5-7-33)10-28-16-8-17(30-18-12-27-15(9-26)11-29-18)31-32-19(16)35-13-22(23,24)25/h8,11-12,14H,4-7,10,13H2,1-3H3,(H2,28,29,30,31). The number of likely N-dealkylation sites (tertiary alicyclic amines) is 1. The summed E-state index contributed by atoms with van der Waals surface area (Å²) in [5, 5.41) is 22.4. The zero-order valence-corrected chi connectivity index (χ0v) is 20.1. The second-order valence-electron chi connectivity index (χ2n) is 9.17. The SMILES string of the molecule is CC(C)(C)OC(=O)N1CCC(CNc2cc(Nc3cnc(C#N)cn3)nnc2OCC(F)(F)F)CC1. The fourth-order valence-corrected chi connectivity index (χ4v) is 3.31. The van der Waals surface area contributed by atoms with Crippen LogP contribution in [-0.4, -0.2) is 69.2 Å². The predicted octanol–water partition coefficient (Wildman–Crippen LogP) is 3.88. The molecule has 194 valence electrons. The summed E-state index contributed by atoms with van der Waals surface area (Å²) in [6.45, 7) is 5.35. The predicted molar refractivity (Wildman–Crippen MR) is 123 cm³/mol. The number of nitrogens with one attached hydrogen (secondary N) is 2. The number of piperidine rings is 1. The van der Waals surface area contributed by atoms with Gasteiger partial charge in [-0.05, 0) is 39.5 Å². The lowest BCUT2D eigenvalue weighted by Crippen LogP contribution is -2.42. The minimum atomic E-state index is -4.54. The summed E-state index contributed by atoms with van der Waals surface area (Å²) in [5.74, 6) is 0.325. The third-order valence-electron chi connectivity index (χ3n) is 5.00. The van der Waals surface area contributed by atoms with Crippen molar-refractivity contribution in [3.63, 3.8) is 0 Å². The Morgan fingerprint density at radius 3 is 2.47 bits per heavy atom. The summed E-state index contributed by atoms with van der Waals surface area (Å²) in [4.78, 5) is 21.8. The first kappa shape index (κ1) is 26.7. The summed E-state index contributed by atoms with van der Waals surface area (Å²) in [7, 11) is 0. The van der Waals surface area contributed by atoms with Gasteiger partial charge in [0.15, 0.2) is 18.1 Å². The van der Waals surface area contributed by atoms with Gasteiger partial charge in [0.25, 0.3) is 5.88 Å². The number of carbonyl (C=O) groups excluding carboxylic acids is 1. The van der Waals surface area contributed by atoms with Gasteiger partial charge in [-0.2, -0.15) is 18.4 Å². The third-order valence-corrected chi connectivity index (χ3v) is 5.00. The summed E-state index contributed by atoms with van der Waals surface area (Å²) < 4.78 is 48.3. The smallest absolute Gasteiger partial charge is 0.422 e. The van der Waals surface area contributed by atoms with E-state index in [4.69, 9.17) is 14.7 Å². The van der Waals surface area contributed by atoms with Crippen LogP contribution in [0.1, 0.15) is 39.3 Å². The highest BCUT2D eigenvalue weighted by atomic mass is 19.4. The van der Waals surface area contributed by atoms with E-state index in [9.17, 15) is 18.0 Å². The normalized spacial score (nSPS) is 14.6. The maximum absolute atomic E-state index is 12.7. The summed E-state index contributed by atoms with van der Waals surface area (Å²) in [5.41, 5.74) is -0.235. The molecule has 0 unspecified atom stereocenters. The molecular weight excluding hydrogens is 481 g/mol. The Bertz CT molecular complexity index is 1080. The van der Waals surface area contributed by atoms with Gasteiger partial charge in [0.2, 0.25) is 0 Å². The van der Waals surface area contributed by atoms with Crippen molar-refractivity contribution in [1.29, 1.82) is 5.26 Å². The number of anilines is 3. The van der Waals surface area contributed by atoms with Gasteiger partial charge in [-0.25, -0.2) is 14.8 Å². The first-order valence-corrected chi connectivity index (χ1v) is 11.2. The van der Waals surface area contributed by atoms with Crippen molar-refractivity contribution in [3.8, 4) is 11.9 Å². The van der Waals surface area contributed by atoms with E-state index in [-0.39, 0.29) is 40.9 Å². The largest absolute Gasteiger partial charge is 0.465 e. The molecule has 0 aromatic carbocycles. The third kappa shape index (κ3) is 8.40. The number of alkyl halides is 3. The van der Waals surface area contributed by atoms with Gasteiger partial charge in [0.1, 0.15) is 23.2 Å². The summed E-state index contributed by atoms with van der Waals surface area (Å²) in [6.07, 6.45) is -0.941. The number of nitrogens with zero attached hydrogens (tertiary/aromatic N) is 6. The molecule has 2 N–H and O–H groups in total. The van der Waals surface area contributed by atoms with Crippen LogP contribution in [0.4, 0.5) is 35.3 Å². The van der Waals surface area contributed by atoms with Crippen molar-refractivity contribution in [3.05, 3.63) is 24.2 Å². The van der Waals surface area contributed by atoms with E-state index in [0.717, 1.165) is 0 Å². The molecule has 0 saturated carbocycles. The highest BCUT2D eigenvalue weighted by Gasteiger charge is 2.30. The van der Waals surface area contributed by atoms with Crippen LogP contribution in [0.5, 0.6) is 5.88 Å². The number of hydrogen-bond donors (Lipinski definition) is 2. The van der Waals surface area contributed by atoms with Crippen molar-refractivity contribution >= 4 is 23.4 Å². The number of aromatic nitrogens is 4. The van der Waals surface area contributed by atoms with Gasteiger partial charge < -0.3 is 25.0 Å². The van der Waals surface area contributed by atoms with E-state index >= 15 is 0 Å². The minimum Gasteiger partial charge on any atom is -0.465 e. The molecule has 3 rings (SSSR count). The highest BCUT2D eigenvalue weighted by Crippen LogP contribution is 2.28. The number of amides is 1. The van der Waals surface area contributed by atoms with Gasteiger partial charge in [-0.3, -0.25) is 0 Å². The second-order valence-corrected chi connectivity index (χ2v) is 9.17. The molecule has 0 spiro atoms. The average Bonchev–Trinajstić information content (AvgIpc) is 2.81. The Labute approximate surface area is 206 Å². The number of ether oxygens (including phenoxy) is 2. The number of halogens is 3. The Balaban J connectivity index is 1.64. The fraction of sp³-hybridized carbons (Fsp3) is 0.545. The molecule has 1 fully saturated rings. The van der Waals surface area contributed by atoms with E-state index < -0.39 is 18.4 Å². The van der Waals surface area contributed by atoms with Crippen LogP contribution in [0.3, 0.4) is 0 Å². The van der Waals surface area contributed by atoms with Gasteiger partial charge in [0, 0.05) is 25.7 Å². The number of hydrogen-bond acceptors (Lipinski definition) is 10. The van der Waals surface area contributed by atoms with Crippen LogP contribution in [0.2, 0.25) is 0 Å². The molecule has 1 aliphatic heterocycles. The lowest BCUT2D eigenvalue weighted by molar-refractivity contribution is -0.154. The molecule has 0 bridgehead atoms. The molecule has 1 saturated heterocycles. The number of rotatable bonds is 7. The lowest BCUT2D eigenvalue weighted by Gasteiger charge is -2.33. The molecule has 1 amide bonds. The van der Waals surface area contributed by atoms with Crippen molar-refractivity contribution < 1.29 is 27.4 Å². The van der Waals surface area contributed by atoms with E-state index in [2.05, 4.69) is 30.8 Å². The molecule has 14 heteroatoms. The van der Waals surface area contributed by atoms with E-state index in [1.54, 1.807) is 25.7 Å².